The van der Waals surface area contributed by atoms with Crippen LogP contribution >= 0.6 is 0 Å². The van der Waals surface area contributed by atoms with Gasteiger partial charge in [-0.3, -0.25) is 34.2 Å². The maximum atomic E-state index is 12.6. The van der Waals surface area contributed by atoms with Gasteiger partial charge < -0.3 is 10.6 Å². The third-order valence-electron chi connectivity index (χ3n) is 4.63. The van der Waals surface area contributed by atoms with Crippen molar-refractivity contribution in [3.63, 3.8) is 0 Å². The zero-order valence-electron chi connectivity index (χ0n) is 16.0. The van der Waals surface area contributed by atoms with Crippen LogP contribution in [-0.2, 0) is 4.79 Å². The highest BCUT2D eigenvalue weighted by atomic mass is 16.6. The number of carbonyl (C=O) groups excluding carboxylic acids is 4. The number of benzene rings is 2. The Morgan fingerprint density at radius 2 is 1.67 bits per heavy atom. The lowest BCUT2D eigenvalue weighted by Crippen LogP contribution is -2.49. The van der Waals surface area contributed by atoms with Gasteiger partial charge >= 0.3 is 0 Å². The van der Waals surface area contributed by atoms with Crippen molar-refractivity contribution in [1.29, 1.82) is 0 Å². The third-order valence-corrected chi connectivity index (χ3v) is 4.63. The molecule has 3 rings (SSSR count). The van der Waals surface area contributed by atoms with E-state index in [2.05, 4.69) is 10.6 Å². The van der Waals surface area contributed by atoms with Gasteiger partial charge in [0, 0.05) is 24.7 Å². The topological polar surface area (TPSA) is 139 Å². The number of amides is 4. The lowest BCUT2D eigenvalue weighted by Gasteiger charge is -2.21. The molecule has 10 heteroatoms. The van der Waals surface area contributed by atoms with Crippen LogP contribution in [0.3, 0.4) is 0 Å². The molecule has 1 aliphatic heterocycles. The predicted octanol–water partition coefficient (Wildman–Crippen LogP) is 1.13. The van der Waals surface area contributed by atoms with Crippen molar-refractivity contribution in [2.45, 2.75) is 13.0 Å². The van der Waals surface area contributed by atoms with E-state index >= 15 is 0 Å². The summed E-state index contributed by atoms with van der Waals surface area (Å²) in [4.78, 5) is 60.7. The number of nitro groups is 1. The highest BCUT2D eigenvalue weighted by Crippen LogP contribution is 2.31. The molecule has 4 amide bonds. The van der Waals surface area contributed by atoms with Crippen LogP contribution in [0.15, 0.2) is 48.5 Å². The molecule has 0 aliphatic carbocycles. The Morgan fingerprint density at radius 1 is 1.00 bits per heavy atom. The summed E-state index contributed by atoms with van der Waals surface area (Å²) >= 11 is 0. The summed E-state index contributed by atoms with van der Waals surface area (Å²) in [5.74, 6) is -2.58. The largest absolute Gasteiger partial charge is 0.353 e. The summed E-state index contributed by atoms with van der Waals surface area (Å²) in [5, 5.41) is 16.3. The molecule has 0 saturated heterocycles. The Balaban J connectivity index is 1.59. The summed E-state index contributed by atoms with van der Waals surface area (Å²) in [5.41, 5.74) is -0.430. The van der Waals surface area contributed by atoms with Gasteiger partial charge in [-0.25, -0.2) is 0 Å². The van der Waals surface area contributed by atoms with E-state index in [-0.39, 0.29) is 30.1 Å². The molecule has 0 fully saturated rings. The lowest BCUT2D eigenvalue weighted by molar-refractivity contribution is -0.385. The minimum Gasteiger partial charge on any atom is -0.353 e. The quantitative estimate of drug-likeness (QED) is 0.304. The van der Waals surface area contributed by atoms with Crippen molar-refractivity contribution < 1.29 is 24.1 Å². The van der Waals surface area contributed by atoms with Crippen molar-refractivity contribution in [1.82, 2.24) is 15.5 Å². The summed E-state index contributed by atoms with van der Waals surface area (Å²) < 4.78 is 0. The minimum atomic E-state index is -1.18. The maximum Gasteiger partial charge on any atom is 0.282 e. The second-order valence-electron chi connectivity index (χ2n) is 6.53. The first-order chi connectivity index (χ1) is 14.3. The molecule has 10 nitrogen and oxygen atoms in total. The van der Waals surface area contributed by atoms with Gasteiger partial charge in [0.1, 0.15) is 11.6 Å². The molecule has 2 aromatic carbocycles. The van der Waals surface area contributed by atoms with Crippen LogP contribution in [0, 0.1) is 10.1 Å². The number of hydrogen-bond donors (Lipinski definition) is 2. The van der Waals surface area contributed by atoms with Crippen molar-refractivity contribution in [3.05, 3.63) is 75.3 Å². The van der Waals surface area contributed by atoms with E-state index in [0.717, 1.165) is 6.07 Å². The average Bonchev–Trinajstić information content (AvgIpc) is 3.01. The van der Waals surface area contributed by atoms with E-state index in [0.29, 0.717) is 10.5 Å². The average molecular weight is 410 g/mol. The first-order valence-corrected chi connectivity index (χ1v) is 9.09. The molecule has 1 atom stereocenters. The van der Waals surface area contributed by atoms with E-state index in [1.54, 1.807) is 30.3 Å². The number of carbonyl (C=O) groups is 4. The number of nitrogens with zero attached hydrogens (tertiary/aromatic N) is 2. The van der Waals surface area contributed by atoms with Gasteiger partial charge in [-0.05, 0) is 25.1 Å². The van der Waals surface area contributed by atoms with E-state index in [1.165, 1.54) is 19.1 Å². The fraction of sp³-hybridized carbons (Fsp3) is 0.200. The molecule has 1 unspecified atom stereocenters. The molecule has 2 N–H and O–H groups in total. The standard InChI is InChI=1S/C20H18N4O6/c1-12(17(25)21-10-11-22-18(26)13-6-3-2-4-7-13)23-19(27)14-8-5-9-15(24(29)30)16(14)20(23)28/h2-9,12H,10-11H2,1H3,(H,21,25)(H,22,26). The van der Waals surface area contributed by atoms with Crippen molar-refractivity contribution in [2.75, 3.05) is 13.1 Å². The predicted molar refractivity (Wildman–Crippen MR) is 105 cm³/mol. The highest BCUT2D eigenvalue weighted by molar-refractivity contribution is 6.24. The Kier molecular flexibility index (Phi) is 5.86. The van der Waals surface area contributed by atoms with Crippen LogP contribution in [0.4, 0.5) is 5.69 Å². The summed E-state index contributed by atoms with van der Waals surface area (Å²) in [6.07, 6.45) is 0. The van der Waals surface area contributed by atoms with Crippen molar-refractivity contribution >= 4 is 29.3 Å². The first kappa shape index (κ1) is 20.6. The molecule has 0 radical (unpaired) electrons. The number of nitro benzene ring substituents is 1. The molecule has 0 spiro atoms. The van der Waals surface area contributed by atoms with E-state index in [1.807, 2.05) is 0 Å². The van der Waals surface area contributed by atoms with Gasteiger partial charge in [0.15, 0.2) is 0 Å². The summed E-state index contributed by atoms with van der Waals surface area (Å²) in [6.45, 7) is 1.57. The highest BCUT2D eigenvalue weighted by Gasteiger charge is 2.44. The fourth-order valence-electron chi connectivity index (χ4n) is 3.11. The Hall–Kier alpha value is -4.08. The molecule has 0 bridgehead atoms. The van der Waals surface area contributed by atoms with E-state index < -0.39 is 34.4 Å². The van der Waals surface area contributed by atoms with Gasteiger partial charge in [-0.15, -0.1) is 0 Å². The van der Waals surface area contributed by atoms with Crippen molar-refractivity contribution in [3.8, 4) is 0 Å². The second kappa shape index (κ2) is 8.52. The summed E-state index contributed by atoms with van der Waals surface area (Å²) in [7, 11) is 0. The monoisotopic (exact) mass is 410 g/mol. The maximum absolute atomic E-state index is 12.6. The molecule has 2 aromatic rings. The molecular formula is C20H18N4O6. The fourth-order valence-corrected chi connectivity index (χ4v) is 3.11. The molecular weight excluding hydrogens is 392 g/mol. The molecule has 1 heterocycles. The number of fused-ring (bicyclic) bond motifs is 1. The summed E-state index contributed by atoms with van der Waals surface area (Å²) in [6, 6.07) is 11.1. The van der Waals surface area contributed by atoms with Gasteiger partial charge in [0.25, 0.3) is 23.4 Å². The first-order valence-electron chi connectivity index (χ1n) is 9.09. The smallest absolute Gasteiger partial charge is 0.282 e. The van der Waals surface area contributed by atoms with Crippen LogP contribution in [0.2, 0.25) is 0 Å². The van der Waals surface area contributed by atoms with Crippen LogP contribution in [0.25, 0.3) is 0 Å². The molecule has 154 valence electrons. The van der Waals surface area contributed by atoms with Crippen molar-refractivity contribution in [2.24, 2.45) is 0 Å². The molecule has 1 aliphatic rings. The van der Waals surface area contributed by atoms with Gasteiger partial charge in [0.2, 0.25) is 5.91 Å². The van der Waals surface area contributed by atoms with Crippen LogP contribution in [-0.4, -0.2) is 52.6 Å². The number of hydrogen-bond acceptors (Lipinski definition) is 6. The number of imide groups is 1. The van der Waals surface area contributed by atoms with Crippen LogP contribution < -0.4 is 10.6 Å². The Labute approximate surface area is 171 Å². The number of rotatable bonds is 7. The zero-order valence-corrected chi connectivity index (χ0v) is 16.0. The minimum absolute atomic E-state index is 0.0745. The Bertz CT molecular complexity index is 1040. The van der Waals surface area contributed by atoms with Gasteiger partial charge in [0.05, 0.1) is 10.5 Å². The van der Waals surface area contributed by atoms with Gasteiger partial charge in [-0.1, -0.05) is 24.3 Å². The number of nitrogens with one attached hydrogen (secondary N) is 2. The molecule has 0 saturated carbocycles. The molecule has 0 aromatic heterocycles. The van der Waals surface area contributed by atoms with Crippen LogP contribution in [0.5, 0.6) is 0 Å². The zero-order chi connectivity index (χ0) is 21.8. The lowest BCUT2D eigenvalue weighted by atomic mass is 10.1. The third kappa shape index (κ3) is 3.88. The van der Waals surface area contributed by atoms with Gasteiger partial charge in [-0.2, -0.15) is 0 Å². The SMILES string of the molecule is CC(C(=O)NCCNC(=O)c1ccccc1)N1C(=O)c2cccc([N+](=O)[O-])c2C1=O. The Morgan fingerprint density at radius 3 is 2.33 bits per heavy atom. The van der Waals surface area contributed by atoms with Crippen LogP contribution in [0.1, 0.15) is 38.0 Å². The second-order valence-corrected chi connectivity index (χ2v) is 6.53. The van der Waals surface area contributed by atoms with E-state index in [9.17, 15) is 29.3 Å². The van der Waals surface area contributed by atoms with E-state index in [4.69, 9.17) is 0 Å². The normalized spacial score (nSPS) is 13.6. The molecule has 30 heavy (non-hydrogen) atoms.